The van der Waals surface area contributed by atoms with Crippen LogP contribution < -0.4 is 0 Å². The molecule has 0 aromatic heterocycles. The number of halogens is 2. The van der Waals surface area contributed by atoms with E-state index in [1.54, 1.807) is 0 Å². The Kier molecular flexibility index (Phi) is 16.7. The van der Waals surface area contributed by atoms with E-state index in [0.717, 1.165) is 0 Å². The average Bonchev–Trinajstić information content (AvgIpc) is 3.18. The van der Waals surface area contributed by atoms with Crippen LogP contribution in [0, 0.1) is 0 Å². The summed E-state index contributed by atoms with van der Waals surface area (Å²) in [6, 6.07) is 17.2. The van der Waals surface area contributed by atoms with Crippen molar-refractivity contribution >= 4 is 17.0 Å². The fraction of sp³-hybridized carbons (Fsp3) is 0.444. The molecule has 0 aliphatic carbocycles. The molecule has 0 saturated heterocycles. The molecular weight excluding hydrogens is 378 g/mol. The molecule has 0 bridgehead atoms. The van der Waals surface area contributed by atoms with Gasteiger partial charge in [0.2, 0.25) is 0 Å². The molecule has 0 N–H and O–H groups in total. The second-order valence-corrected chi connectivity index (χ2v) is 8.60. The van der Waals surface area contributed by atoms with Gasteiger partial charge in [-0.25, -0.2) is 24.3 Å². The molecule has 2 rings (SSSR count). The van der Waals surface area contributed by atoms with Crippen LogP contribution in [0.5, 0.6) is 0 Å². The van der Waals surface area contributed by atoms with Crippen molar-refractivity contribution in [2.45, 2.75) is 52.4 Å². The van der Waals surface area contributed by atoms with Gasteiger partial charge in [-0.15, -0.1) is 0 Å². The third kappa shape index (κ3) is 13.5. The van der Waals surface area contributed by atoms with Gasteiger partial charge in [-0.1, -0.05) is 52.4 Å². The summed E-state index contributed by atoms with van der Waals surface area (Å²) in [7, 11) is 9.87. The van der Waals surface area contributed by atoms with Gasteiger partial charge in [-0.2, -0.15) is 35.4 Å². The Labute approximate surface area is 149 Å². The Bertz CT molecular complexity index is 341. The van der Waals surface area contributed by atoms with E-state index in [1.165, 1.54) is 49.7 Å². The second kappa shape index (κ2) is 16.5. The monoisotopic (exact) mass is 402 g/mol. The SMILES string of the molecule is CCCC[c-]1cccc1.CCCC[c-]1cccc1.[Cl][Zr+2][Cl]. The second-order valence-electron chi connectivity index (χ2n) is 4.86. The number of hydrogen-bond donors (Lipinski definition) is 0. The van der Waals surface area contributed by atoms with Crippen molar-refractivity contribution in [2.24, 2.45) is 0 Å². The molecule has 0 aliphatic heterocycles. The predicted molar refractivity (Wildman–Crippen MR) is 93.0 cm³/mol. The Morgan fingerprint density at radius 3 is 1.24 bits per heavy atom. The molecule has 2 aromatic carbocycles. The van der Waals surface area contributed by atoms with E-state index in [9.17, 15) is 0 Å². The fourth-order valence-corrected chi connectivity index (χ4v) is 1.92. The van der Waals surface area contributed by atoms with Crippen LogP contribution in [0.15, 0.2) is 48.5 Å². The zero-order valence-electron chi connectivity index (χ0n) is 13.1. The number of hydrogen-bond acceptors (Lipinski definition) is 0. The minimum absolute atomic E-state index is 0.826. The molecule has 0 atom stereocenters. The van der Waals surface area contributed by atoms with Crippen molar-refractivity contribution in [1.82, 2.24) is 0 Å². The number of unbranched alkanes of at least 4 members (excludes halogenated alkanes) is 2. The molecule has 0 unspecified atom stereocenters. The first-order valence-electron chi connectivity index (χ1n) is 7.65. The zero-order chi connectivity index (χ0) is 15.8. The molecule has 0 saturated carbocycles. The van der Waals surface area contributed by atoms with Crippen molar-refractivity contribution < 1.29 is 20.8 Å². The third-order valence-electron chi connectivity index (χ3n) is 3.10. The first-order valence-corrected chi connectivity index (χ1v) is 14.0. The Morgan fingerprint density at radius 2 is 1.00 bits per heavy atom. The molecule has 21 heavy (non-hydrogen) atoms. The van der Waals surface area contributed by atoms with Gasteiger partial charge >= 0.3 is 37.9 Å². The van der Waals surface area contributed by atoms with Crippen LogP contribution in [0.3, 0.4) is 0 Å². The van der Waals surface area contributed by atoms with E-state index in [0.29, 0.717) is 0 Å². The summed E-state index contributed by atoms with van der Waals surface area (Å²) < 4.78 is 0. The van der Waals surface area contributed by atoms with Gasteiger partial charge in [-0.05, 0) is 0 Å². The van der Waals surface area contributed by atoms with Crippen LogP contribution in [0.25, 0.3) is 0 Å². The van der Waals surface area contributed by atoms with E-state index < -0.39 is 20.8 Å². The van der Waals surface area contributed by atoms with Gasteiger partial charge in [0, 0.05) is 0 Å². The third-order valence-corrected chi connectivity index (χ3v) is 3.10. The summed E-state index contributed by atoms with van der Waals surface area (Å²) in [5.74, 6) is 0. The summed E-state index contributed by atoms with van der Waals surface area (Å²) in [5.41, 5.74) is 2.97. The van der Waals surface area contributed by atoms with Gasteiger partial charge < -0.3 is 0 Å². The van der Waals surface area contributed by atoms with E-state index in [2.05, 4.69) is 62.4 Å². The van der Waals surface area contributed by atoms with E-state index in [-0.39, 0.29) is 0 Å². The molecule has 2 aromatic rings. The number of aryl methyl sites for hydroxylation is 2. The van der Waals surface area contributed by atoms with Crippen LogP contribution >= 0.6 is 17.0 Å². The Morgan fingerprint density at radius 1 is 0.714 bits per heavy atom. The van der Waals surface area contributed by atoms with E-state index in [1.807, 2.05) is 0 Å². The maximum absolute atomic E-state index is 4.93. The normalized spacial score (nSPS) is 8.95. The van der Waals surface area contributed by atoms with Crippen LogP contribution in [-0.4, -0.2) is 0 Å². The van der Waals surface area contributed by atoms with Crippen molar-refractivity contribution in [2.75, 3.05) is 0 Å². The Hall–Kier alpha value is 0.163. The van der Waals surface area contributed by atoms with Gasteiger partial charge in [-0.3, -0.25) is 0 Å². The topological polar surface area (TPSA) is 0 Å². The van der Waals surface area contributed by atoms with Crippen LogP contribution in [0.4, 0.5) is 0 Å². The first-order chi connectivity index (χ1) is 10.3. The molecule has 0 spiro atoms. The van der Waals surface area contributed by atoms with Crippen LogP contribution in [0.1, 0.15) is 50.7 Å². The molecule has 3 heteroatoms. The molecule has 0 radical (unpaired) electrons. The quantitative estimate of drug-likeness (QED) is 0.461. The molecule has 0 fully saturated rings. The Balaban J connectivity index is 0.000000322. The van der Waals surface area contributed by atoms with Gasteiger partial charge in [0.05, 0.1) is 0 Å². The van der Waals surface area contributed by atoms with Gasteiger partial charge in [0.25, 0.3) is 0 Å². The molecule has 116 valence electrons. The van der Waals surface area contributed by atoms with Gasteiger partial charge in [0.1, 0.15) is 0 Å². The van der Waals surface area contributed by atoms with Crippen molar-refractivity contribution in [1.29, 1.82) is 0 Å². The first kappa shape index (κ1) is 21.2. The molecule has 0 nitrogen and oxygen atoms in total. The van der Waals surface area contributed by atoms with E-state index >= 15 is 0 Å². The van der Waals surface area contributed by atoms with Crippen molar-refractivity contribution in [3.63, 3.8) is 0 Å². The standard InChI is InChI=1S/2C9H13.2ClH.Zr/c2*1-2-3-6-9-7-4-5-8-9;;;/h2*4-5,7-8H,2-3,6H2,1H3;2*1H;/q2*-1;;;+4/p-2. The zero-order valence-corrected chi connectivity index (χ0v) is 17.1. The molecule has 0 heterocycles. The summed E-state index contributed by atoms with van der Waals surface area (Å²) in [6.45, 7) is 4.45. The maximum atomic E-state index is 4.93. The minimum atomic E-state index is -0.826. The van der Waals surface area contributed by atoms with Crippen LogP contribution in [-0.2, 0) is 33.7 Å². The van der Waals surface area contributed by atoms with Crippen LogP contribution in [0.2, 0.25) is 0 Å². The van der Waals surface area contributed by atoms with Crippen molar-refractivity contribution in [3.05, 3.63) is 59.7 Å². The fourth-order valence-electron chi connectivity index (χ4n) is 1.92. The van der Waals surface area contributed by atoms with E-state index in [4.69, 9.17) is 17.0 Å². The van der Waals surface area contributed by atoms with Crippen molar-refractivity contribution in [3.8, 4) is 0 Å². The number of rotatable bonds is 6. The summed E-state index contributed by atoms with van der Waals surface area (Å²) >= 11 is -0.826. The molecular formula is C18H26Cl2Zr. The molecule has 0 amide bonds. The predicted octanol–water partition coefficient (Wildman–Crippen LogP) is 6.87. The summed E-state index contributed by atoms with van der Waals surface area (Å²) in [6.07, 6.45) is 7.75. The van der Waals surface area contributed by atoms with Gasteiger partial charge in [0.15, 0.2) is 0 Å². The summed E-state index contributed by atoms with van der Waals surface area (Å²) in [4.78, 5) is 0. The molecule has 0 aliphatic rings. The summed E-state index contributed by atoms with van der Waals surface area (Å²) in [5, 5.41) is 0. The average molecular weight is 405 g/mol.